The molecule has 0 spiro atoms. The van der Waals surface area contributed by atoms with Crippen molar-refractivity contribution in [3.8, 4) is 0 Å². The summed E-state index contributed by atoms with van der Waals surface area (Å²) in [7, 11) is -3.74. The van der Waals surface area contributed by atoms with Crippen LogP contribution in [0.1, 0.15) is 0 Å². The third-order valence-electron chi connectivity index (χ3n) is 2.88. The van der Waals surface area contributed by atoms with Crippen LogP contribution in [0.15, 0.2) is 56.3 Å². The Kier molecular flexibility index (Phi) is 3.76. The standard InChI is InChI=1S/C13H9Br2N3O2S/c14-8-5-6-10(15)12(7-8)21(19,20)18-13-9-3-1-2-4-11(9)16-17-13/h1-7H,(H2,16,17,18). The largest absolute Gasteiger partial charge is 0.276 e. The van der Waals surface area contributed by atoms with Crippen molar-refractivity contribution in [3.05, 3.63) is 51.4 Å². The number of anilines is 1. The van der Waals surface area contributed by atoms with Gasteiger partial charge in [-0.1, -0.05) is 28.1 Å². The van der Waals surface area contributed by atoms with Gasteiger partial charge in [0.2, 0.25) is 0 Å². The van der Waals surface area contributed by atoms with Crippen molar-refractivity contribution in [2.24, 2.45) is 0 Å². The molecule has 1 heterocycles. The summed E-state index contributed by atoms with van der Waals surface area (Å²) in [4.78, 5) is 0.143. The average molecular weight is 431 g/mol. The van der Waals surface area contributed by atoms with Crippen molar-refractivity contribution < 1.29 is 8.42 Å². The highest BCUT2D eigenvalue weighted by Crippen LogP contribution is 2.28. The van der Waals surface area contributed by atoms with E-state index in [1.165, 1.54) is 6.07 Å². The molecule has 8 heteroatoms. The van der Waals surface area contributed by atoms with Crippen LogP contribution >= 0.6 is 31.9 Å². The van der Waals surface area contributed by atoms with E-state index in [0.29, 0.717) is 14.3 Å². The van der Waals surface area contributed by atoms with Gasteiger partial charge in [0.15, 0.2) is 5.82 Å². The summed E-state index contributed by atoms with van der Waals surface area (Å²) in [6, 6.07) is 12.3. The number of hydrogen-bond acceptors (Lipinski definition) is 3. The van der Waals surface area contributed by atoms with E-state index < -0.39 is 10.0 Å². The van der Waals surface area contributed by atoms with Crippen LogP contribution < -0.4 is 4.72 Å². The SMILES string of the molecule is O=S(=O)(Nc1n[nH]c2ccccc12)c1cc(Br)ccc1Br. The number of sulfonamides is 1. The van der Waals surface area contributed by atoms with Crippen molar-refractivity contribution in [1.29, 1.82) is 0 Å². The summed E-state index contributed by atoms with van der Waals surface area (Å²) < 4.78 is 28.7. The minimum absolute atomic E-state index is 0.143. The Balaban J connectivity index is 2.05. The Morgan fingerprint density at radius 1 is 1.10 bits per heavy atom. The van der Waals surface area contributed by atoms with Gasteiger partial charge in [0.05, 0.1) is 5.52 Å². The minimum Gasteiger partial charge on any atom is -0.276 e. The van der Waals surface area contributed by atoms with Gasteiger partial charge in [-0.3, -0.25) is 9.82 Å². The molecule has 0 radical (unpaired) electrons. The van der Waals surface area contributed by atoms with E-state index in [0.717, 1.165) is 5.52 Å². The maximum Gasteiger partial charge on any atom is 0.264 e. The van der Waals surface area contributed by atoms with Gasteiger partial charge in [0.1, 0.15) is 4.90 Å². The molecule has 0 atom stereocenters. The van der Waals surface area contributed by atoms with E-state index in [-0.39, 0.29) is 10.7 Å². The average Bonchev–Trinajstić information content (AvgIpc) is 2.84. The Hall–Kier alpha value is -1.38. The quantitative estimate of drug-likeness (QED) is 0.661. The Labute approximate surface area is 138 Å². The van der Waals surface area contributed by atoms with Crippen LogP contribution in [0.4, 0.5) is 5.82 Å². The van der Waals surface area contributed by atoms with E-state index in [1.54, 1.807) is 18.2 Å². The third kappa shape index (κ3) is 2.83. The molecule has 0 aliphatic rings. The number of para-hydroxylation sites is 1. The number of rotatable bonds is 3. The molecule has 0 fully saturated rings. The second kappa shape index (κ2) is 5.43. The molecular weight excluding hydrogens is 422 g/mol. The van der Waals surface area contributed by atoms with E-state index in [4.69, 9.17) is 0 Å². The van der Waals surface area contributed by atoms with Crippen molar-refractivity contribution in [2.75, 3.05) is 4.72 Å². The second-order valence-electron chi connectivity index (χ2n) is 4.30. The van der Waals surface area contributed by atoms with Crippen LogP contribution in [0, 0.1) is 0 Å². The molecule has 21 heavy (non-hydrogen) atoms. The zero-order valence-electron chi connectivity index (χ0n) is 10.5. The van der Waals surface area contributed by atoms with Crippen molar-refractivity contribution in [3.63, 3.8) is 0 Å². The summed E-state index contributed by atoms with van der Waals surface area (Å²) in [5, 5.41) is 7.52. The highest BCUT2D eigenvalue weighted by Gasteiger charge is 2.20. The molecule has 108 valence electrons. The third-order valence-corrected chi connectivity index (χ3v) is 5.71. The monoisotopic (exact) mass is 429 g/mol. The fourth-order valence-electron chi connectivity index (χ4n) is 1.91. The highest BCUT2D eigenvalue weighted by molar-refractivity contribution is 9.11. The number of benzene rings is 2. The Morgan fingerprint density at radius 2 is 1.86 bits per heavy atom. The lowest BCUT2D eigenvalue weighted by Crippen LogP contribution is -2.14. The van der Waals surface area contributed by atoms with Crippen LogP contribution in [-0.4, -0.2) is 18.6 Å². The van der Waals surface area contributed by atoms with E-state index in [1.807, 2.05) is 18.2 Å². The van der Waals surface area contributed by atoms with Gasteiger partial charge in [0.25, 0.3) is 10.0 Å². The van der Waals surface area contributed by atoms with Gasteiger partial charge >= 0.3 is 0 Å². The fraction of sp³-hybridized carbons (Fsp3) is 0. The smallest absolute Gasteiger partial charge is 0.264 e. The molecule has 1 aromatic heterocycles. The molecule has 5 nitrogen and oxygen atoms in total. The number of halogens is 2. The number of nitrogens with one attached hydrogen (secondary N) is 2. The van der Waals surface area contributed by atoms with Crippen molar-refractivity contribution in [1.82, 2.24) is 10.2 Å². The molecule has 0 saturated carbocycles. The number of aromatic amines is 1. The second-order valence-corrected chi connectivity index (χ2v) is 7.72. The van der Waals surface area contributed by atoms with Gasteiger partial charge in [-0.2, -0.15) is 5.10 Å². The fourth-order valence-corrected chi connectivity index (χ4v) is 4.43. The lowest BCUT2D eigenvalue weighted by molar-refractivity contribution is 0.600. The lowest BCUT2D eigenvalue weighted by atomic mass is 10.2. The number of nitrogens with zero attached hydrogens (tertiary/aromatic N) is 1. The molecule has 0 unspecified atom stereocenters. The zero-order valence-corrected chi connectivity index (χ0v) is 14.5. The van der Waals surface area contributed by atoms with Crippen molar-refractivity contribution in [2.45, 2.75) is 4.90 Å². The normalized spacial score (nSPS) is 11.7. The number of H-pyrrole nitrogens is 1. The first-order valence-electron chi connectivity index (χ1n) is 5.88. The van der Waals surface area contributed by atoms with Crippen LogP contribution in [0.3, 0.4) is 0 Å². The first-order chi connectivity index (χ1) is 9.97. The number of aromatic nitrogens is 2. The minimum atomic E-state index is -3.74. The van der Waals surface area contributed by atoms with Crippen LogP contribution in [-0.2, 0) is 10.0 Å². The molecule has 3 aromatic rings. The molecular formula is C13H9Br2N3O2S. The van der Waals surface area contributed by atoms with Crippen molar-refractivity contribution >= 4 is 58.6 Å². The molecule has 2 aromatic carbocycles. The Bertz CT molecular complexity index is 922. The highest BCUT2D eigenvalue weighted by atomic mass is 79.9. The predicted molar refractivity (Wildman–Crippen MR) is 88.7 cm³/mol. The van der Waals surface area contributed by atoms with Crippen LogP contribution in [0.2, 0.25) is 0 Å². The Morgan fingerprint density at radius 3 is 2.67 bits per heavy atom. The summed E-state index contributed by atoms with van der Waals surface area (Å²) in [5.74, 6) is 0.275. The van der Waals surface area contributed by atoms with E-state index >= 15 is 0 Å². The summed E-state index contributed by atoms with van der Waals surface area (Å²) in [5.41, 5.74) is 0.767. The van der Waals surface area contributed by atoms with Crippen LogP contribution in [0.5, 0.6) is 0 Å². The van der Waals surface area contributed by atoms with Gasteiger partial charge in [-0.05, 0) is 46.3 Å². The maximum atomic E-state index is 12.5. The zero-order chi connectivity index (χ0) is 15.0. The topological polar surface area (TPSA) is 74.8 Å². The summed E-state index contributed by atoms with van der Waals surface area (Å²) >= 11 is 6.52. The van der Waals surface area contributed by atoms with Crippen LogP contribution in [0.25, 0.3) is 10.9 Å². The van der Waals surface area contributed by atoms with Gasteiger partial charge in [-0.15, -0.1) is 0 Å². The molecule has 0 aliphatic heterocycles. The summed E-state index contributed by atoms with van der Waals surface area (Å²) in [6.07, 6.45) is 0. The number of hydrogen-bond donors (Lipinski definition) is 2. The summed E-state index contributed by atoms with van der Waals surface area (Å²) in [6.45, 7) is 0. The van der Waals surface area contributed by atoms with E-state index in [2.05, 4.69) is 46.8 Å². The molecule has 3 rings (SSSR count). The van der Waals surface area contributed by atoms with Gasteiger partial charge in [-0.25, -0.2) is 8.42 Å². The molecule has 0 saturated heterocycles. The molecule has 0 amide bonds. The first-order valence-corrected chi connectivity index (χ1v) is 8.95. The predicted octanol–water partition coefficient (Wildman–Crippen LogP) is 3.89. The van der Waals surface area contributed by atoms with Gasteiger partial charge < -0.3 is 0 Å². The first kappa shape index (κ1) is 14.6. The van der Waals surface area contributed by atoms with Gasteiger partial charge in [0, 0.05) is 14.3 Å². The molecule has 0 aliphatic carbocycles. The van der Waals surface area contributed by atoms with E-state index in [9.17, 15) is 8.42 Å². The number of fused-ring (bicyclic) bond motifs is 1. The maximum absolute atomic E-state index is 12.5. The lowest BCUT2D eigenvalue weighted by Gasteiger charge is -2.08. The molecule has 2 N–H and O–H groups in total. The molecule has 0 bridgehead atoms.